The lowest BCUT2D eigenvalue weighted by Gasteiger charge is -2.41. The fourth-order valence-electron chi connectivity index (χ4n) is 11.2. The van der Waals surface area contributed by atoms with Crippen LogP contribution in [-0.4, -0.2) is 155 Å². The van der Waals surface area contributed by atoms with E-state index in [1.54, 1.807) is 0 Å². The normalized spacial score (nSPS) is 15.6. The van der Waals surface area contributed by atoms with E-state index in [2.05, 4.69) is 47.9 Å². The number of carbonyl (C=O) groups excluding carboxylic acids is 8. The van der Waals surface area contributed by atoms with Gasteiger partial charge in [0, 0.05) is 38.0 Å². The summed E-state index contributed by atoms with van der Waals surface area (Å²) in [6.07, 6.45) is 2.34. The van der Waals surface area contributed by atoms with Gasteiger partial charge in [-0.3, -0.25) is 38.4 Å². The van der Waals surface area contributed by atoms with Crippen molar-refractivity contribution in [2.75, 3.05) is 26.2 Å². The molecule has 8 atom stereocenters. The number of nitrogens with two attached hydrogens (primary N) is 2. The third kappa shape index (κ3) is 26.5. The summed E-state index contributed by atoms with van der Waals surface area (Å²) < 4.78 is 0. The van der Waals surface area contributed by atoms with Crippen molar-refractivity contribution in [2.24, 2.45) is 23.3 Å². The van der Waals surface area contributed by atoms with Crippen molar-refractivity contribution in [1.82, 2.24) is 52.8 Å². The molecule has 4 aromatic rings. The quantitative estimate of drug-likeness (QED) is 0.0280. The fourth-order valence-corrected chi connectivity index (χ4v) is 11.2. The maximum Gasteiger partial charge on any atom is 0.329 e. The van der Waals surface area contributed by atoms with Gasteiger partial charge < -0.3 is 69.3 Å². The van der Waals surface area contributed by atoms with Gasteiger partial charge in [0.1, 0.15) is 41.8 Å². The largest absolute Gasteiger partial charge is 0.480 e. The summed E-state index contributed by atoms with van der Waals surface area (Å²) in [6.45, 7) is 16.4. The highest BCUT2D eigenvalue weighted by atomic mass is 16.4. The molecule has 0 aromatic heterocycles. The van der Waals surface area contributed by atoms with E-state index in [-0.39, 0.29) is 101 Å². The highest BCUT2D eigenvalue weighted by Gasteiger charge is 2.46. The van der Waals surface area contributed by atoms with E-state index in [9.17, 15) is 48.3 Å². The first-order chi connectivity index (χ1) is 44.3. The van der Waals surface area contributed by atoms with Gasteiger partial charge in [-0.2, -0.15) is 0 Å². The lowest BCUT2D eigenvalue weighted by atomic mass is 9.86. The molecule has 1 aliphatic rings. The maximum atomic E-state index is 14.8. The first-order valence-electron chi connectivity index (χ1n) is 33.1. The number of amides is 8. The number of hydrogen-bond donors (Lipinski definition) is 12. The molecule has 1 fully saturated rings. The molecule has 22 heteroatoms. The van der Waals surface area contributed by atoms with Crippen LogP contribution in [0.5, 0.6) is 0 Å². The number of aliphatic carboxylic acids is 1. The number of carboxylic acids is 1. The number of carboxylic acid groups (broad SMARTS) is 1. The first-order valence-corrected chi connectivity index (χ1v) is 33.1. The Morgan fingerprint density at radius 3 is 1.13 bits per heavy atom. The van der Waals surface area contributed by atoms with Crippen molar-refractivity contribution in [2.45, 2.75) is 205 Å². The standard InChI is InChI=1S/C71H104N12O10/c1-46(2)40-58(80-66(88)60(44-52-28-17-11-18-29-52)78-62(84)54(72)42-50-24-13-9-14-25-50)64(86)76-56(32-21-22-36-74-48(5)6)68(90)82-71(70(92)93)34-38-83(39-35-71)69(91)57(33-23-37-75-49(7)8)77-65(87)59(41-47(3)4)81-67(89)61(45-53-30-19-12-20-31-53)79-63(85)55(73)43-51-26-15-10-16-27-51/h9-20,24-31,46-49,54-61,74-75H,21-23,32-45,72-73H2,1-8H3,(H,76,86)(H,77,87)(H,78,84)(H,79,85)(H,80,88)(H,81,89)(H,82,90)(H,92,93)/t54-,55-,56-,57-,58-,59-,60-,61-/m1/s1. The zero-order chi connectivity index (χ0) is 68.0. The summed E-state index contributed by atoms with van der Waals surface area (Å²) in [5.41, 5.74) is 14.1. The van der Waals surface area contributed by atoms with Crippen molar-refractivity contribution >= 4 is 53.2 Å². The Hall–Kier alpha value is -8.05. The van der Waals surface area contributed by atoms with E-state index in [0.29, 0.717) is 32.4 Å². The molecule has 8 amide bonds. The Kier molecular flexibility index (Phi) is 31.6. The maximum absolute atomic E-state index is 14.8. The average molecular weight is 1290 g/mol. The first kappa shape index (κ1) is 75.7. The number of rotatable bonds is 39. The van der Waals surface area contributed by atoms with Gasteiger partial charge in [0.2, 0.25) is 47.3 Å². The lowest BCUT2D eigenvalue weighted by molar-refractivity contribution is -0.152. The zero-order valence-corrected chi connectivity index (χ0v) is 55.7. The molecule has 0 aliphatic carbocycles. The average Bonchev–Trinajstić information content (AvgIpc) is 0.851. The Morgan fingerprint density at radius 1 is 0.419 bits per heavy atom. The highest BCUT2D eigenvalue weighted by Crippen LogP contribution is 2.25. The minimum absolute atomic E-state index is 0.0815. The molecule has 4 aromatic carbocycles. The number of nitrogens with zero attached hydrogens (tertiary/aromatic N) is 1. The number of nitrogens with one attached hydrogen (secondary N) is 9. The third-order valence-electron chi connectivity index (χ3n) is 16.4. The van der Waals surface area contributed by atoms with Crippen molar-refractivity contribution < 1.29 is 48.3 Å². The Balaban J connectivity index is 1.33. The minimum Gasteiger partial charge on any atom is -0.480 e. The fraction of sp³-hybridized carbons (Fsp3) is 0.535. The number of unbranched alkanes of at least 4 members (excludes halogenated alkanes) is 1. The molecule has 0 spiro atoms. The number of benzene rings is 4. The topological polar surface area (TPSA) is 337 Å². The van der Waals surface area contributed by atoms with Crippen molar-refractivity contribution in [1.29, 1.82) is 0 Å². The summed E-state index contributed by atoms with van der Waals surface area (Å²) in [5, 5.41) is 37.7. The summed E-state index contributed by atoms with van der Waals surface area (Å²) in [5.74, 6) is -6.50. The van der Waals surface area contributed by atoms with Crippen LogP contribution in [0.15, 0.2) is 121 Å². The van der Waals surface area contributed by atoms with E-state index in [0.717, 1.165) is 22.3 Å². The van der Waals surface area contributed by atoms with Crippen molar-refractivity contribution in [3.63, 3.8) is 0 Å². The highest BCUT2D eigenvalue weighted by molar-refractivity contribution is 5.97. The van der Waals surface area contributed by atoms with Crippen LogP contribution in [0.3, 0.4) is 0 Å². The van der Waals surface area contributed by atoms with Gasteiger partial charge in [0.25, 0.3) is 0 Å². The summed E-state index contributed by atoms with van der Waals surface area (Å²) in [6, 6.07) is 28.2. The summed E-state index contributed by atoms with van der Waals surface area (Å²) in [4.78, 5) is 130. The van der Waals surface area contributed by atoms with E-state index < -0.39 is 107 Å². The van der Waals surface area contributed by atoms with Gasteiger partial charge in [-0.1, -0.05) is 177 Å². The molecule has 93 heavy (non-hydrogen) atoms. The smallest absolute Gasteiger partial charge is 0.329 e. The molecule has 1 heterocycles. The third-order valence-corrected chi connectivity index (χ3v) is 16.4. The molecule has 508 valence electrons. The van der Waals surface area contributed by atoms with Crippen LogP contribution >= 0.6 is 0 Å². The molecular weight excluding hydrogens is 1180 g/mol. The molecule has 0 bridgehead atoms. The van der Waals surface area contributed by atoms with Gasteiger partial charge in [-0.25, -0.2) is 4.79 Å². The Morgan fingerprint density at radius 2 is 0.753 bits per heavy atom. The van der Waals surface area contributed by atoms with Gasteiger partial charge >= 0.3 is 5.97 Å². The van der Waals surface area contributed by atoms with Crippen LogP contribution in [0.2, 0.25) is 0 Å². The Bertz CT molecular complexity index is 2980. The molecule has 1 saturated heterocycles. The molecule has 5 rings (SSSR count). The molecule has 14 N–H and O–H groups in total. The molecule has 22 nitrogen and oxygen atoms in total. The Labute approximate surface area is 549 Å². The predicted octanol–water partition coefficient (Wildman–Crippen LogP) is 4.12. The SMILES string of the molecule is CC(C)C[C@@H](NC(=O)[C@@H](Cc1ccccc1)NC(=O)[C@H](N)Cc1ccccc1)C(=O)N[C@H](CCCCNC(C)C)C(=O)NC1(C(=O)O)CCN(C(=O)[C@@H](CCCNC(C)C)NC(=O)[C@@H](CC(C)C)NC(=O)[C@@H](Cc2ccccc2)NC(=O)[C@H](N)Cc2ccccc2)CC1. The van der Waals surface area contributed by atoms with Crippen LogP contribution in [0.25, 0.3) is 0 Å². The summed E-state index contributed by atoms with van der Waals surface area (Å²) in [7, 11) is 0. The van der Waals surface area contributed by atoms with Gasteiger partial charge in [-0.05, 0) is 118 Å². The lowest BCUT2D eigenvalue weighted by Crippen LogP contribution is -2.65. The van der Waals surface area contributed by atoms with Crippen LogP contribution in [0, 0.1) is 11.8 Å². The van der Waals surface area contributed by atoms with E-state index in [4.69, 9.17) is 11.5 Å². The van der Waals surface area contributed by atoms with Crippen molar-refractivity contribution in [3.8, 4) is 0 Å². The molecule has 1 aliphatic heterocycles. The second kappa shape index (κ2) is 38.8. The van der Waals surface area contributed by atoms with Crippen LogP contribution in [0.1, 0.15) is 135 Å². The molecule has 0 radical (unpaired) electrons. The number of likely N-dealkylation sites (tertiary alicyclic amines) is 1. The minimum atomic E-state index is -1.88. The molecular formula is C71H104N12O10. The van der Waals surface area contributed by atoms with Gasteiger partial charge in [-0.15, -0.1) is 0 Å². The van der Waals surface area contributed by atoms with E-state index in [1.807, 2.05) is 177 Å². The molecule has 0 unspecified atom stereocenters. The van der Waals surface area contributed by atoms with Crippen molar-refractivity contribution in [3.05, 3.63) is 144 Å². The van der Waals surface area contributed by atoms with Crippen LogP contribution in [0.4, 0.5) is 0 Å². The second-order valence-electron chi connectivity index (χ2n) is 26.2. The monoisotopic (exact) mass is 1280 g/mol. The summed E-state index contributed by atoms with van der Waals surface area (Å²) >= 11 is 0. The second-order valence-corrected chi connectivity index (χ2v) is 26.2. The van der Waals surface area contributed by atoms with E-state index in [1.165, 1.54) is 4.90 Å². The predicted molar refractivity (Wildman–Crippen MR) is 361 cm³/mol. The van der Waals surface area contributed by atoms with Crippen LogP contribution in [-0.2, 0) is 68.8 Å². The van der Waals surface area contributed by atoms with Gasteiger partial charge in [0.05, 0.1) is 12.1 Å². The number of hydrogen-bond acceptors (Lipinski definition) is 13. The van der Waals surface area contributed by atoms with Gasteiger partial charge in [0.15, 0.2) is 0 Å². The number of carbonyl (C=O) groups is 9. The molecule has 0 saturated carbocycles. The van der Waals surface area contributed by atoms with Crippen LogP contribution < -0.4 is 59.3 Å². The zero-order valence-electron chi connectivity index (χ0n) is 55.7. The van der Waals surface area contributed by atoms with E-state index >= 15 is 0 Å². The number of piperidine rings is 1.